The highest BCUT2D eigenvalue weighted by molar-refractivity contribution is 5.76. The third kappa shape index (κ3) is 5.21. The number of hydrogen-bond acceptors (Lipinski definition) is 3. The highest BCUT2D eigenvalue weighted by Crippen LogP contribution is 2.29. The van der Waals surface area contributed by atoms with Gasteiger partial charge in [-0.3, -0.25) is 9.78 Å². The number of carbonyl (C=O) groups is 1. The van der Waals surface area contributed by atoms with E-state index in [9.17, 15) is 9.18 Å². The van der Waals surface area contributed by atoms with Gasteiger partial charge in [0.05, 0.1) is 12.5 Å². The van der Waals surface area contributed by atoms with Gasteiger partial charge in [-0.1, -0.05) is 12.1 Å². The van der Waals surface area contributed by atoms with Crippen molar-refractivity contribution in [1.29, 1.82) is 0 Å². The van der Waals surface area contributed by atoms with Gasteiger partial charge in [-0.2, -0.15) is 0 Å². The monoisotopic (exact) mass is 396 g/mol. The molecule has 2 saturated heterocycles. The largest absolute Gasteiger partial charge is 0.378 e. The minimum atomic E-state index is -0.200. The molecule has 0 spiro atoms. The van der Waals surface area contributed by atoms with Crippen LogP contribution in [-0.2, 0) is 16.0 Å². The second kappa shape index (κ2) is 9.04. The van der Waals surface area contributed by atoms with E-state index in [1.54, 1.807) is 12.1 Å². The highest BCUT2D eigenvalue weighted by Gasteiger charge is 2.27. The van der Waals surface area contributed by atoms with E-state index in [1.807, 2.05) is 17.9 Å². The molecule has 0 N–H and O–H groups in total. The van der Waals surface area contributed by atoms with E-state index >= 15 is 0 Å². The van der Waals surface area contributed by atoms with Crippen molar-refractivity contribution < 1.29 is 13.9 Å². The van der Waals surface area contributed by atoms with Gasteiger partial charge in [0, 0.05) is 37.0 Å². The van der Waals surface area contributed by atoms with Crippen LogP contribution in [0, 0.1) is 12.7 Å². The number of carbonyl (C=O) groups excluding carboxylic acids is 1. The predicted octanol–water partition coefficient (Wildman–Crippen LogP) is 4.40. The maximum Gasteiger partial charge on any atom is 0.225 e. The Bertz CT molecular complexity index is 856. The zero-order valence-electron chi connectivity index (χ0n) is 17.1. The fourth-order valence-corrected chi connectivity index (χ4v) is 4.52. The Kier molecular flexibility index (Phi) is 6.24. The van der Waals surface area contributed by atoms with Gasteiger partial charge in [0.15, 0.2) is 0 Å². The first-order valence-corrected chi connectivity index (χ1v) is 10.7. The van der Waals surface area contributed by atoms with Gasteiger partial charge in [0.2, 0.25) is 5.91 Å². The van der Waals surface area contributed by atoms with Crippen LogP contribution in [0.4, 0.5) is 4.39 Å². The molecule has 2 fully saturated rings. The number of aryl methyl sites for hydroxylation is 1. The molecule has 0 unspecified atom stereocenters. The van der Waals surface area contributed by atoms with Crippen molar-refractivity contribution in [3.63, 3.8) is 0 Å². The van der Waals surface area contributed by atoms with Gasteiger partial charge < -0.3 is 9.64 Å². The normalized spacial score (nSPS) is 20.2. The average Bonchev–Trinajstić information content (AvgIpc) is 3.21. The topological polar surface area (TPSA) is 42.4 Å². The van der Waals surface area contributed by atoms with Gasteiger partial charge in [0.1, 0.15) is 5.82 Å². The molecule has 0 aliphatic carbocycles. The van der Waals surface area contributed by atoms with Crippen LogP contribution in [-0.4, -0.2) is 41.6 Å². The lowest BCUT2D eigenvalue weighted by Crippen LogP contribution is -2.39. The van der Waals surface area contributed by atoms with Crippen LogP contribution in [0.25, 0.3) is 0 Å². The summed E-state index contributed by atoms with van der Waals surface area (Å²) in [6, 6.07) is 11.0. The Hall–Kier alpha value is -2.27. The Morgan fingerprint density at radius 1 is 1.17 bits per heavy atom. The molecule has 29 heavy (non-hydrogen) atoms. The SMILES string of the molecule is Cc1cc(Cc2cccc(F)c2)cc(C2CCN(C(=O)C[C@@H]3CCCO3)CC2)n1. The van der Waals surface area contributed by atoms with E-state index in [0.717, 1.165) is 67.9 Å². The van der Waals surface area contributed by atoms with Crippen molar-refractivity contribution >= 4 is 5.91 Å². The van der Waals surface area contributed by atoms with Crippen LogP contribution in [0.1, 0.15) is 60.5 Å². The maximum absolute atomic E-state index is 13.5. The minimum absolute atomic E-state index is 0.115. The van der Waals surface area contributed by atoms with Crippen molar-refractivity contribution in [1.82, 2.24) is 9.88 Å². The van der Waals surface area contributed by atoms with E-state index in [1.165, 1.54) is 6.07 Å². The molecule has 4 nitrogen and oxygen atoms in total. The van der Waals surface area contributed by atoms with Gasteiger partial charge in [-0.25, -0.2) is 4.39 Å². The van der Waals surface area contributed by atoms with Gasteiger partial charge in [-0.05, 0) is 74.4 Å². The third-order valence-corrected chi connectivity index (χ3v) is 6.02. The molecule has 1 amide bonds. The summed E-state index contributed by atoms with van der Waals surface area (Å²) in [4.78, 5) is 19.3. The van der Waals surface area contributed by atoms with E-state index in [0.29, 0.717) is 18.8 Å². The summed E-state index contributed by atoms with van der Waals surface area (Å²) >= 11 is 0. The second-order valence-electron chi connectivity index (χ2n) is 8.34. The summed E-state index contributed by atoms with van der Waals surface area (Å²) in [5.41, 5.74) is 4.22. The lowest BCUT2D eigenvalue weighted by atomic mass is 9.91. The summed E-state index contributed by atoms with van der Waals surface area (Å²) < 4.78 is 19.1. The van der Waals surface area contributed by atoms with E-state index in [-0.39, 0.29) is 17.8 Å². The Labute approximate surface area is 172 Å². The smallest absolute Gasteiger partial charge is 0.225 e. The van der Waals surface area contributed by atoms with Crippen LogP contribution >= 0.6 is 0 Å². The van der Waals surface area contributed by atoms with Crippen LogP contribution in [0.3, 0.4) is 0 Å². The zero-order valence-corrected chi connectivity index (χ0v) is 17.1. The molecule has 2 aliphatic rings. The first kappa shape index (κ1) is 20.0. The number of aromatic nitrogens is 1. The molecule has 0 bridgehead atoms. The quantitative estimate of drug-likeness (QED) is 0.753. The summed E-state index contributed by atoms with van der Waals surface area (Å²) in [6.07, 6.45) is 5.28. The van der Waals surface area contributed by atoms with Crippen molar-refractivity contribution in [2.24, 2.45) is 0 Å². The van der Waals surface area contributed by atoms with Crippen LogP contribution in [0.5, 0.6) is 0 Å². The zero-order chi connectivity index (χ0) is 20.2. The molecule has 2 aliphatic heterocycles. The first-order chi connectivity index (χ1) is 14.1. The molecule has 4 rings (SSSR count). The fourth-order valence-electron chi connectivity index (χ4n) is 4.52. The van der Waals surface area contributed by atoms with E-state index < -0.39 is 0 Å². The molecule has 0 saturated carbocycles. The fraction of sp³-hybridized carbons (Fsp3) is 0.500. The summed E-state index contributed by atoms with van der Waals surface area (Å²) in [5, 5.41) is 0. The number of likely N-dealkylation sites (tertiary alicyclic amines) is 1. The Balaban J connectivity index is 1.37. The van der Waals surface area contributed by atoms with Crippen molar-refractivity contribution in [2.45, 2.75) is 57.5 Å². The van der Waals surface area contributed by atoms with Crippen LogP contribution < -0.4 is 0 Å². The summed E-state index contributed by atoms with van der Waals surface area (Å²) in [6.45, 7) is 4.37. The number of pyridine rings is 1. The van der Waals surface area contributed by atoms with Crippen molar-refractivity contribution in [2.75, 3.05) is 19.7 Å². The Morgan fingerprint density at radius 2 is 2.00 bits per heavy atom. The number of hydrogen-bond donors (Lipinski definition) is 0. The van der Waals surface area contributed by atoms with E-state index in [4.69, 9.17) is 9.72 Å². The molecule has 3 heterocycles. The number of halogens is 1. The minimum Gasteiger partial charge on any atom is -0.378 e. The Morgan fingerprint density at radius 3 is 2.72 bits per heavy atom. The molecular weight excluding hydrogens is 367 g/mol. The van der Waals surface area contributed by atoms with E-state index in [2.05, 4.69) is 12.1 Å². The number of nitrogens with zero attached hydrogens (tertiary/aromatic N) is 2. The van der Waals surface area contributed by atoms with Crippen LogP contribution in [0.15, 0.2) is 36.4 Å². The first-order valence-electron chi connectivity index (χ1n) is 10.7. The number of benzene rings is 1. The lowest BCUT2D eigenvalue weighted by Gasteiger charge is -2.32. The molecule has 1 aromatic carbocycles. The molecule has 0 radical (unpaired) electrons. The average molecular weight is 397 g/mol. The van der Waals surface area contributed by atoms with Crippen molar-refractivity contribution in [3.05, 3.63) is 64.7 Å². The summed E-state index contributed by atoms with van der Waals surface area (Å²) in [7, 11) is 0. The number of amides is 1. The van der Waals surface area contributed by atoms with Crippen LogP contribution in [0.2, 0.25) is 0 Å². The van der Waals surface area contributed by atoms with Gasteiger partial charge in [-0.15, -0.1) is 0 Å². The lowest BCUT2D eigenvalue weighted by molar-refractivity contribution is -0.134. The highest BCUT2D eigenvalue weighted by atomic mass is 19.1. The number of ether oxygens (including phenoxy) is 1. The predicted molar refractivity (Wildman–Crippen MR) is 110 cm³/mol. The maximum atomic E-state index is 13.5. The summed E-state index contributed by atoms with van der Waals surface area (Å²) in [5.74, 6) is 0.390. The number of rotatable bonds is 5. The second-order valence-corrected chi connectivity index (χ2v) is 8.34. The third-order valence-electron chi connectivity index (χ3n) is 6.02. The molecule has 5 heteroatoms. The molecule has 1 atom stereocenters. The number of piperidine rings is 1. The van der Waals surface area contributed by atoms with Gasteiger partial charge in [0.25, 0.3) is 0 Å². The standard InChI is InChI=1S/C24H29FN2O2/c1-17-12-19(13-18-4-2-5-21(25)14-18)15-23(26-17)20-7-9-27(10-8-20)24(28)16-22-6-3-11-29-22/h2,4-5,12,14-15,20,22H,3,6-11,13,16H2,1H3/t22-/m0/s1. The van der Waals surface area contributed by atoms with Crippen molar-refractivity contribution in [3.8, 4) is 0 Å². The molecular formula is C24H29FN2O2. The molecule has 154 valence electrons. The molecule has 2 aromatic rings. The van der Waals surface area contributed by atoms with Gasteiger partial charge >= 0.3 is 0 Å². The molecule has 1 aromatic heterocycles.